The van der Waals surface area contributed by atoms with E-state index in [-0.39, 0.29) is 29.6 Å². The molecular weight excluding hydrogens is 364 g/mol. The molecule has 0 saturated heterocycles. The van der Waals surface area contributed by atoms with E-state index in [2.05, 4.69) is 26.8 Å². The molecule has 0 N–H and O–H groups in total. The number of hydrogen-bond donors (Lipinski definition) is 0. The van der Waals surface area contributed by atoms with Crippen LogP contribution in [0, 0.1) is 34.5 Å². The van der Waals surface area contributed by atoms with Crippen molar-refractivity contribution >= 4 is 11.9 Å². The maximum absolute atomic E-state index is 11.5. The van der Waals surface area contributed by atoms with Crippen molar-refractivity contribution in [1.82, 2.24) is 0 Å². The minimum atomic E-state index is -0.166. The van der Waals surface area contributed by atoms with Crippen LogP contribution in [-0.2, 0) is 19.1 Å². The summed E-state index contributed by atoms with van der Waals surface area (Å²) in [4.78, 5) is 23.0. The lowest BCUT2D eigenvalue weighted by atomic mass is 9.46. The summed E-state index contributed by atoms with van der Waals surface area (Å²) in [6.45, 7) is 10.1. The fraction of sp³-hybridized carbons (Fsp3) is 0.840. The predicted molar refractivity (Wildman–Crippen MR) is 112 cm³/mol. The number of carbonyl (C=O) groups is 2. The molecular formula is C25H38O4. The Bertz CT molecular complexity index is 712. The molecule has 29 heavy (non-hydrogen) atoms. The molecule has 0 amide bonds. The van der Waals surface area contributed by atoms with Crippen molar-refractivity contribution in [2.75, 3.05) is 0 Å². The predicted octanol–water partition coefficient (Wildman–Crippen LogP) is 5.45. The maximum Gasteiger partial charge on any atom is 0.302 e. The zero-order valence-electron chi connectivity index (χ0n) is 18.8. The molecule has 4 rings (SSSR count). The van der Waals surface area contributed by atoms with Crippen LogP contribution in [0.3, 0.4) is 0 Å². The minimum Gasteiger partial charge on any atom is -0.463 e. The van der Waals surface area contributed by atoms with Crippen LogP contribution in [0.15, 0.2) is 11.6 Å². The Morgan fingerprint density at radius 2 is 1.83 bits per heavy atom. The molecule has 4 aliphatic carbocycles. The largest absolute Gasteiger partial charge is 0.463 e. The molecule has 0 aromatic carbocycles. The first-order chi connectivity index (χ1) is 13.6. The number of esters is 2. The van der Waals surface area contributed by atoms with Crippen LogP contribution in [0.5, 0.6) is 0 Å². The number of hydrogen-bond acceptors (Lipinski definition) is 4. The van der Waals surface area contributed by atoms with E-state index in [1.165, 1.54) is 46.0 Å². The van der Waals surface area contributed by atoms with Gasteiger partial charge in [-0.1, -0.05) is 25.5 Å². The fourth-order valence-corrected chi connectivity index (χ4v) is 7.98. The minimum absolute atomic E-state index is 0.0195. The van der Waals surface area contributed by atoms with Crippen molar-refractivity contribution in [1.29, 1.82) is 0 Å². The summed E-state index contributed by atoms with van der Waals surface area (Å²) < 4.78 is 11.2. The Morgan fingerprint density at radius 3 is 2.52 bits per heavy atom. The highest BCUT2D eigenvalue weighted by atomic mass is 16.5. The Kier molecular flexibility index (Phi) is 5.36. The molecule has 8 atom stereocenters. The Labute approximate surface area is 175 Å². The molecule has 0 aliphatic heterocycles. The van der Waals surface area contributed by atoms with E-state index < -0.39 is 0 Å². The van der Waals surface area contributed by atoms with Crippen LogP contribution in [0.25, 0.3) is 0 Å². The summed E-state index contributed by atoms with van der Waals surface area (Å²) in [6.07, 6.45) is 11.9. The van der Waals surface area contributed by atoms with Crippen molar-refractivity contribution in [3.63, 3.8) is 0 Å². The summed E-state index contributed by atoms with van der Waals surface area (Å²) in [5.74, 6) is 2.19. The number of fused-ring (bicyclic) bond motifs is 5. The second kappa shape index (κ2) is 7.42. The molecule has 4 nitrogen and oxygen atoms in total. The zero-order chi connectivity index (χ0) is 21.0. The number of rotatable bonds is 3. The van der Waals surface area contributed by atoms with Gasteiger partial charge in [-0.15, -0.1) is 0 Å². The Hall–Kier alpha value is -1.32. The maximum atomic E-state index is 11.5. The van der Waals surface area contributed by atoms with Gasteiger partial charge >= 0.3 is 11.9 Å². The molecule has 0 heterocycles. The third-order valence-corrected chi connectivity index (χ3v) is 9.34. The average molecular weight is 403 g/mol. The van der Waals surface area contributed by atoms with E-state index in [0.29, 0.717) is 23.2 Å². The van der Waals surface area contributed by atoms with Gasteiger partial charge in [0.05, 0.1) is 0 Å². The Balaban J connectivity index is 1.51. The van der Waals surface area contributed by atoms with Gasteiger partial charge in [0.15, 0.2) is 0 Å². The van der Waals surface area contributed by atoms with Gasteiger partial charge in [-0.25, -0.2) is 0 Å². The van der Waals surface area contributed by atoms with E-state index in [9.17, 15) is 9.59 Å². The molecule has 3 saturated carbocycles. The molecule has 0 spiro atoms. The number of carbonyl (C=O) groups excluding carboxylic acids is 2. The van der Waals surface area contributed by atoms with Crippen LogP contribution < -0.4 is 0 Å². The highest BCUT2D eigenvalue weighted by molar-refractivity contribution is 5.66. The van der Waals surface area contributed by atoms with Gasteiger partial charge in [0.25, 0.3) is 0 Å². The SMILES string of the molecule is CC(=O)OC(C)[C@H]1CC=C2C3CC[C@H]4C[C@@H](OC(C)=O)CC[C@]4(C)C3CC[C@@]21C. The normalized spacial score (nSPS) is 44.6. The molecule has 0 aromatic rings. The zero-order valence-corrected chi connectivity index (χ0v) is 18.8. The van der Waals surface area contributed by atoms with Crippen LogP contribution >= 0.6 is 0 Å². The molecule has 3 unspecified atom stereocenters. The van der Waals surface area contributed by atoms with Crippen LogP contribution in [0.1, 0.15) is 86.0 Å². The third-order valence-electron chi connectivity index (χ3n) is 9.34. The van der Waals surface area contributed by atoms with Gasteiger partial charge in [0.2, 0.25) is 0 Å². The first-order valence-electron chi connectivity index (χ1n) is 11.7. The second-order valence-electron chi connectivity index (χ2n) is 10.8. The fourth-order valence-electron chi connectivity index (χ4n) is 7.98. The molecule has 3 fully saturated rings. The van der Waals surface area contributed by atoms with Gasteiger partial charge in [0.1, 0.15) is 12.2 Å². The van der Waals surface area contributed by atoms with Gasteiger partial charge in [-0.2, -0.15) is 0 Å². The van der Waals surface area contributed by atoms with Gasteiger partial charge in [-0.05, 0) is 86.9 Å². The summed E-state index contributed by atoms with van der Waals surface area (Å²) in [5.41, 5.74) is 2.20. The van der Waals surface area contributed by atoms with Gasteiger partial charge in [0, 0.05) is 19.8 Å². The summed E-state index contributed by atoms with van der Waals surface area (Å²) in [6, 6.07) is 0. The second-order valence-corrected chi connectivity index (χ2v) is 10.8. The van der Waals surface area contributed by atoms with E-state index in [1.54, 1.807) is 5.57 Å². The summed E-state index contributed by atoms with van der Waals surface area (Å²) >= 11 is 0. The van der Waals surface area contributed by atoms with Crippen molar-refractivity contribution in [2.45, 2.75) is 98.2 Å². The van der Waals surface area contributed by atoms with Gasteiger partial charge in [-0.3, -0.25) is 9.59 Å². The standard InChI is InChI=1S/C25H38O4/c1-15(28-16(2)26)21-8-9-22-20-7-6-18-14-19(29-17(3)27)10-12-24(18,4)23(20)11-13-25(21,22)5/h9,15,18-21,23H,6-8,10-14H2,1-5H3/t15?,18-,19-,20?,21+,23?,24-,25+/m0/s1. The van der Waals surface area contributed by atoms with Crippen molar-refractivity contribution in [3.05, 3.63) is 11.6 Å². The lowest BCUT2D eigenvalue weighted by Crippen LogP contribution is -2.52. The molecule has 0 aromatic heterocycles. The first-order valence-corrected chi connectivity index (χ1v) is 11.7. The number of ether oxygens (including phenoxy) is 2. The molecule has 0 bridgehead atoms. The van der Waals surface area contributed by atoms with E-state index in [1.807, 2.05) is 0 Å². The van der Waals surface area contributed by atoms with Crippen molar-refractivity contribution in [2.24, 2.45) is 34.5 Å². The Morgan fingerprint density at radius 1 is 1.07 bits per heavy atom. The van der Waals surface area contributed by atoms with Crippen molar-refractivity contribution < 1.29 is 19.1 Å². The summed E-state index contributed by atoms with van der Waals surface area (Å²) in [5, 5.41) is 0. The van der Waals surface area contributed by atoms with Crippen LogP contribution in [-0.4, -0.2) is 24.1 Å². The van der Waals surface area contributed by atoms with Crippen molar-refractivity contribution in [3.8, 4) is 0 Å². The lowest BCUT2D eigenvalue weighted by molar-refractivity contribution is -0.156. The van der Waals surface area contributed by atoms with Gasteiger partial charge < -0.3 is 9.47 Å². The highest BCUT2D eigenvalue weighted by Crippen LogP contribution is 2.66. The van der Waals surface area contributed by atoms with E-state index in [0.717, 1.165) is 25.2 Å². The van der Waals surface area contributed by atoms with Crippen LogP contribution in [0.2, 0.25) is 0 Å². The third kappa shape index (κ3) is 3.45. The summed E-state index contributed by atoms with van der Waals surface area (Å²) in [7, 11) is 0. The molecule has 0 radical (unpaired) electrons. The number of allylic oxidation sites excluding steroid dienone is 2. The molecule has 162 valence electrons. The highest BCUT2D eigenvalue weighted by Gasteiger charge is 2.58. The van der Waals surface area contributed by atoms with E-state index in [4.69, 9.17) is 9.47 Å². The van der Waals surface area contributed by atoms with Crippen LogP contribution in [0.4, 0.5) is 0 Å². The first kappa shape index (κ1) is 20.9. The smallest absolute Gasteiger partial charge is 0.302 e. The average Bonchev–Trinajstić information content (AvgIpc) is 2.98. The topological polar surface area (TPSA) is 52.6 Å². The lowest BCUT2D eigenvalue weighted by Gasteiger charge is -2.59. The monoisotopic (exact) mass is 402 g/mol. The quantitative estimate of drug-likeness (QED) is 0.465. The molecule has 4 heteroatoms. The van der Waals surface area contributed by atoms with E-state index >= 15 is 0 Å². The molecule has 4 aliphatic rings.